The Morgan fingerprint density at radius 3 is 2.67 bits per heavy atom. The van der Waals surface area contributed by atoms with Crippen LogP contribution in [0.25, 0.3) is 0 Å². The Morgan fingerprint density at radius 1 is 1.33 bits per heavy atom. The molecule has 5 heteroatoms. The second kappa shape index (κ2) is 6.16. The fourth-order valence-corrected chi connectivity index (χ4v) is 2.60. The zero-order valence-corrected chi connectivity index (χ0v) is 12.9. The second-order valence-corrected chi connectivity index (χ2v) is 5.56. The summed E-state index contributed by atoms with van der Waals surface area (Å²) in [6, 6.07) is 6.31. The number of benzene rings is 1. The minimum absolute atomic E-state index is 0.0252. The van der Waals surface area contributed by atoms with Crippen LogP contribution in [0.4, 0.5) is 5.69 Å². The summed E-state index contributed by atoms with van der Waals surface area (Å²) < 4.78 is 5.48. The van der Waals surface area contributed by atoms with Crippen LogP contribution in [0.5, 0.6) is 5.75 Å². The van der Waals surface area contributed by atoms with Crippen LogP contribution in [-0.2, 0) is 9.59 Å². The van der Waals surface area contributed by atoms with Crippen molar-refractivity contribution in [3.05, 3.63) is 24.3 Å². The Hall–Kier alpha value is -2.04. The first-order valence-corrected chi connectivity index (χ1v) is 7.32. The lowest BCUT2D eigenvalue weighted by atomic mass is 9.96. The molecule has 1 N–H and O–H groups in total. The third-order valence-electron chi connectivity index (χ3n) is 3.55. The summed E-state index contributed by atoms with van der Waals surface area (Å²) in [4.78, 5) is 26.4. The van der Waals surface area contributed by atoms with Gasteiger partial charge in [-0.3, -0.25) is 14.5 Å². The van der Waals surface area contributed by atoms with E-state index in [9.17, 15) is 9.59 Å². The molecule has 1 aliphatic heterocycles. The Kier molecular flexibility index (Phi) is 4.50. The van der Waals surface area contributed by atoms with E-state index in [1.807, 2.05) is 45.0 Å². The van der Waals surface area contributed by atoms with E-state index in [1.165, 1.54) is 0 Å². The monoisotopic (exact) mass is 290 g/mol. The number of piperazine rings is 1. The molecule has 0 radical (unpaired) electrons. The van der Waals surface area contributed by atoms with Gasteiger partial charge in [0, 0.05) is 11.8 Å². The molecule has 0 spiro atoms. The highest BCUT2D eigenvalue weighted by molar-refractivity contribution is 6.08. The van der Waals surface area contributed by atoms with Gasteiger partial charge < -0.3 is 10.1 Å². The average molecular weight is 290 g/mol. The first-order chi connectivity index (χ1) is 9.95. The zero-order valence-electron chi connectivity index (χ0n) is 12.9. The van der Waals surface area contributed by atoms with Gasteiger partial charge in [0.15, 0.2) is 0 Å². The summed E-state index contributed by atoms with van der Waals surface area (Å²) in [7, 11) is 0. The van der Waals surface area contributed by atoms with Crippen LogP contribution in [0.2, 0.25) is 0 Å². The molecule has 0 bridgehead atoms. The minimum atomic E-state index is -0.511. The van der Waals surface area contributed by atoms with Gasteiger partial charge in [-0.15, -0.1) is 0 Å². The van der Waals surface area contributed by atoms with E-state index in [4.69, 9.17) is 4.74 Å². The van der Waals surface area contributed by atoms with Gasteiger partial charge in [-0.25, -0.2) is 0 Å². The molecule has 2 atom stereocenters. The maximum atomic E-state index is 12.5. The van der Waals surface area contributed by atoms with Gasteiger partial charge in [-0.05, 0) is 31.9 Å². The van der Waals surface area contributed by atoms with E-state index in [1.54, 1.807) is 11.8 Å². The van der Waals surface area contributed by atoms with Crippen molar-refractivity contribution < 1.29 is 14.3 Å². The van der Waals surface area contributed by atoms with Crippen LogP contribution < -0.4 is 15.0 Å². The Labute approximate surface area is 125 Å². The molecule has 1 heterocycles. The van der Waals surface area contributed by atoms with Gasteiger partial charge in [-0.1, -0.05) is 19.9 Å². The number of hydrogen-bond acceptors (Lipinski definition) is 3. The van der Waals surface area contributed by atoms with Gasteiger partial charge in [-0.2, -0.15) is 0 Å². The molecule has 0 saturated carbocycles. The Morgan fingerprint density at radius 2 is 2.05 bits per heavy atom. The maximum absolute atomic E-state index is 12.5. The van der Waals surface area contributed by atoms with E-state index in [2.05, 4.69) is 5.32 Å². The number of anilines is 1. The predicted octanol–water partition coefficient (Wildman–Crippen LogP) is 1.96. The molecule has 0 aromatic heterocycles. The van der Waals surface area contributed by atoms with Crippen LogP contribution in [0.3, 0.4) is 0 Å². The van der Waals surface area contributed by atoms with Crippen LogP contribution in [-0.4, -0.2) is 30.5 Å². The van der Waals surface area contributed by atoms with Gasteiger partial charge >= 0.3 is 0 Å². The number of amides is 2. The number of nitrogens with one attached hydrogen (secondary N) is 1. The van der Waals surface area contributed by atoms with E-state index >= 15 is 0 Å². The molecule has 2 amide bonds. The van der Waals surface area contributed by atoms with E-state index in [0.29, 0.717) is 18.0 Å². The number of nitrogens with zero attached hydrogens (tertiary/aromatic N) is 1. The average Bonchev–Trinajstić information content (AvgIpc) is 2.42. The third-order valence-corrected chi connectivity index (χ3v) is 3.55. The van der Waals surface area contributed by atoms with Gasteiger partial charge in [0.05, 0.1) is 6.61 Å². The van der Waals surface area contributed by atoms with Crippen molar-refractivity contribution in [1.82, 2.24) is 5.32 Å². The molecule has 114 valence electrons. The lowest BCUT2D eigenvalue weighted by molar-refractivity contribution is -0.134. The van der Waals surface area contributed by atoms with Crippen LogP contribution in [0, 0.1) is 5.92 Å². The lowest BCUT2D eigenvalue weighted by Gasteiger charge is -2.39. The topological polar surface area (TPSA) is 58.6 Å². The molecule has 1 aliphatic rings. The van der Waals surface area contributed by atoms with Crippen molar-refractivity contribution in [2.75, 3.05) is 11.5 Å². The molecule has 5 nitrogen and oxygen atoms in total. The fourth-order valence-electron chi connectivity index (χ4n) is 2.60. The van der Waals surface area contributed by atoms with E-state index in [-0.39, 0.29) is 17.7 Å². The predicted molar refractivity (Wildman–Crippen MR) is 81.3 cm³/mol. The molecule has 0 aliphatic carbocycles. The molecular formula is C16H22N2O3. The van der Waals surface area contributed by atoms with Crippen molar-refractivity contribution in [1.29, 1.82) is 0 Å². The SMILES string of the molecule is CCOc1cccc(N2C(=O)C(C)NC(=O)C2C(C)C)c1. The number of carbonyl (C=O) groups is 2. The third kappa shape index (κ3) is 3.01. The summed E-state index contributed by atoms with van der Waals surface area (Å²) in [6.07, 6.45) is 0. The summed E-state index contributed by atoms with van der Waals surface area (Å²) >= 11 is 0. The maximum Gasteiger partial charge on any atom is 0.250 e. The molecule has 21 heavy (non-hydrogen) atoms. The molecular weight excluding hydrogens is 268 g/mol. The first-order valence-electron chi connectivity index (χ1n) is 7.32. The van der Waals surface area contributed by atoms with Gasteiger partial charge in [0.1, 0.15) is 17.8 Å². The molecule has 1 fully saturated rings. The molecule has 2 rings (SSSR count). The lowest BCUT2D eigenvalue weighted by Crippen LogP contribution is -2.64. The smallest absolute Gasteiger partial charge is 0.250 e. The zero-order chi connectivity index (χ0) is 15.6. The van der Waals surface area contributed by atoms with Crippen LogP contribution in [0.1, 0.15) is 27.7 Å². The highest BCUT2D eigenvalue weighted by Gasteiger charge is 2.41. The standard InChI is InChI=1S/C16H22N2O3/c1-5-21-13-8-6-7-12(9-13)18-14(10(2)3)15(19)17-11(4)16(18)20/h6-11,14H,5H2,1-4H3,(H,17,19). The van der Waals surface area contributed by atoms with Crippen molar-refractivity contribution in [2.45, 2.75) is 39.8 Å². The summed E-state index contributed by atoms with van der Waals surface area (Å²) in [6.45, 7) is 8.04. The number of hydrogen-bond donors (Lipinski definition) is 1. The van der Waals surface area contributed by atoms with Crippen molar-refractivity contribution >= 4 is 17.5 Å². The first kappa shape index (κ1) is 15.4. The fraction of sp³-hybridized carbons (Fsp3) is 0.500. The normalized spacial score (nSPS) is 22.4. The minimum Gasteiger partial charge on any atom is -0.494 e. The summed E-state index contributed by atoms with van der Waals surface area (Å²) in [5.41, 5.74) is 0.700. The Bertz CT molecular complexity index is 542. The quantitative estimate of drug-likeness (QED) is 0.922. The van der Waals surface area contributed by atoms with Crippen LogP contribution in [0.15, 0.2) is 24.3 Å². The molecule has 1 aromatic carbocycles. The van der Waals surface area contributed by atoms with Crippen LogP contribution >= 0.6 is 0 Å². The van der Waals surface area contributed by atoms with E-state index in [0.717, 1.165) is 0 Å². The highest BCUT2D eigenvalue weighted by Crippen LogP contribution is 2.28. The number of carbonyl (C=O) groups excluding carboxylic acids is 2. The second-order valence-electron chi connectivity index (χ2n) is 5.56. The van der Waals surface area contributed by atoms with Crippen molar-refractivity contribution in [2.24, 2.45) is 5.92 Å². The molecule has 2 unspecified atom stereocenters. The summed E-state index contributed by atoms with van der Waals surface area (Å²) in [5, 5.41) is 2.74. The molecule has 1 saturated heterocycles. The highest BCUT2D eigenvalue weighted by atomic mass is 16.5. The van der Waals surface area contributed by atoms with Gasteiger partial charge in [0.25, 0.3) is 0 Å². The van der Waals surface area contributed by atoms with Gasteiger partial charge in [0.2, 0.25) is 11.8 Å². The summed E-state index contributed by atoms with van der Waals surface area (Å²) in [5.74, 6) is 0.516. The largest absolute Gasteiger partial charge is 0.494 e. The van der Waals surface area contributed by atoms with Crippen molar-refractivity contribution in [3.8, 4) is 5.75 Å². The van der Waals surface area contributed by atoms with E-state index < -0.39 is 12.1 Å². The Balaban J connectivity index is 2.42. The van der Waals surface area contributed by atoms with Crippen molar-refractivity contribution in [3.63, 3.8) is 0 Å². The molecule has 1 aromatic rings. The number of rotatable bonds is 4. The number of ether oxygens (including phenoxy) is 1.